The zero-order valence-electron chi connectivity index (χ0n) is 11.0. The average molecular weight is 256 g/mol. The van der Waals surface area contributed by atoms with Crippen LogP contribution < -0.4 is 10.6 Å². The third-order valence-corrected chi connectivity index (χ3v) is 3.64. The summed E-state index contributed by atoms with van der Waals surface area (Å²) >= 11 is 0. The van der Waals surface area contributed by atoms with Gasteiger partial charge in [0.05, 0.1) is 0 Å². The molecule has 4 heteroatoms. The Morgan fingerprint density at radius 2 is 2.32 bits per heavy atom. The third-order valence-electron chi connectivity index (χ3n) is 3.64. The summed E-state index contributed by atoms with van der Waals surface area (Å²) in [7, 11) is 0. The largest absolute Gasteiger partial charge is 0.370 e. The van der Waals surface area contributed by atoms with Crippen molar-refractivity contribution in [1.29, 1.82) is 0 Å². The lowest BCUT2D eigenvalue weighted by atomic mass is 10.1. The lowest BCUT2D eigenvalue weighted by Crippen LogP contribution is -2.23. The number of nitrogens with one attached hydrogen (secondary N) is 2. The van der Waals surface area contributed by atoms with Crippen LogP contribution in [0.3, 0.4) is 0 Å². The summed E-state index contributed by atoms with van der Waals surface area (Å²) in [5.41, 5.74) is 1.39. The van der Waals surface area contributed by atoms with E-state index in [0.717, 1.165) is 38.4 Å². The zero-order valence-corrected chi connectivity index (χ0v) is 11.0. The lowest BCUT2D eigenvalue weighted by molar-refractivity contribution is 0.423. The highest BCUT2D eigenvalue weighted by Gasteiger charge is 2.14. The molecule has 3 heterocycles. The molecule has 4 nitrogen and oxygen atoms in total. The van der Waals surface area contributed by atoms with Crippen LogP contribution in [-0.4, -0.2) is 22.6 Å². The van der Waals surface area contributed by atoms with E-state index in [0.29, 0.717) is 5.92 Å². The Morgan fingerprint density at radius 1 is 1.32 bits per heavy atom. The minimum atomic E-state index is 0.671. The molecule has 1 unspecified atom stereocenters. The molecule has 1 atom stereocenters. The van der Waals surface area contributed by atoms with E-state index in [1.165, 1.54) is 5.69 Å². The van der Waals surface area contributed by atoms with Crippen LogP contribution in [0.2, 0.25) is 0 Å². The number of rotatable bonds is 4. The Hall–Kier alpha value is -1.81. The van der Waals surface area contributed by atoms with Crippen LogP contribution in [0.1, 0.15) is 12.1 Å². The van der Waals surface area contributed by atoms with Crippen LogP contribution in [0.15, 0.2) is 42.7 Å². The van der Waals surface area contributed by atoms with Gasteiger partial charge in [-0.2, -0.15) is 0 Å². The second-order valence-electron chi connectivity index (χ2n) is 5.08. The van der Waals surface area contributed by atoms with Gasteiger partial charge in [0.15, 0.2) is 0 Å². The highest BCUT2D eigenvalue weighted by atomic mass is 15.0. The smallest absolute Gasteiger partial charge is 0.125 e. The number of nitrogens with zero attached hydrogens (tertiary/aromatic N) is 2. The molecule has 0 aliphatic carbocycles. The molecule has 0 amide bonds. The Bertz CT molecular complexity index is 506. The molecule has 0 bridgehead atoms. The van der Waals surface area contributed by atoms with E-state index in [1.54, 1.807) is 0 Å². The fraction of sp³-hybridized carbons (Fsp3) is 0.400. The monoisotopic (exact) mass is 256 g/mol. The van der Waals surface area contributed by atoms with Crippen molar-refractivity contribution in [2.75, 3.05) is 18.4 Å². The number of hydrogen-bond acceptors (Lipinski definition) is 3. The number of hydrogen-bond donors (Lipinski definition) is 2. The molecule has 19 heavy (non-hydrogen) atoms. The zero-order chi connectivity index (χ0) is 12.9. The molecule has 0 aromatic carbocycles. The second-order valence-corrected chi connectivity index (χ2v) is 5.08. The van der Waals surface area contributed by atoms with Crippen LogP contribution in [0, 0.1) is 5.92 Å². The maximum atomic E-state index is 4.28. The summed E-state index contributed by atoms with van der Waals surface area (Å²) in [4.78, 5) is 4.28. The van der Waals surface area contributed by atoms with Gasteiger partial charge in [-0.1, -0.05) is 6.07 Å². The summed E-state index contributed by atoms with van der Waals surface area (Å²) in [5, 5.41) is 6.91. The van der Waals surface area contributed by atoms with Crippen LogP contribution in [0.4, 0.5) is 5.82 Å². The first-order valence-corrected chi connectivity index (χ1v) is 6.91. The van der Waals surface area contributed by atoms with Crippen LogP contribution in [0.25, 0.3) is 0 Å². The van der Waals surface area contributed by atoms with Crippen LogP contribution in [0.5, 0.6) is 0 Å². The molecule has 0 saturated carbocycles. The summed E-state index contributed by atoms with van der Waals surface area (Å²) < 4.78 is 2.37. The number of pyridine rings is 1. The molecule has 1 aliphatic heterocycles. The van der Waals surface area contributed by atoms with Crippen molar-refractivity contribution in [3.63, 3.8) is 0 Å². The van der Waals surface area contributed by atoms with Crippen molar-refractivity contribution in [2.45, 2.75) is 19.5 Å². The molecule has 0 fully saturated rings. The quantitative estimate of drug-likeness (QED) is 0.880. The Morgan fingerprint density at radius 3 is 3.21 bits per heavy atom. The van der Waals surface area contributed by atoms with Gasteiger partial charge >= 0.3 is 0 Å². The topological polar surface area (TPSA) is 41.9 Å². The maximum Gasteiger partial charge on any atom is 0.125 e. The second kappa shape index (κ2) is 5.89. The van der Waals surface area contributed by atoms with Gasteiger partial charge in [0.25, 0.3) is 0 Å². The fourth-order valence-corrected chi connectivity index (χ4v) is 2.60. The van der Waals surface area contributed by atoms with Gasteiger partial charge < -0.3 is 15.2 Å². The van der Waals surface area contributed by atoms with E-state index in [4.69, 9.17) is 0 Å². The van der Waals surface area contributed by atoms with E-state index < -0.39 is 0 Å². The van der Waals surface area contributed by atoms with Crippen molar-refractivity contribution in [2.24, 2.45) is 5.92 Å². The average Bonchev–Trinajstić information content (AvgIpc) is 2.79. The molecule has 100 valence electrons. The Kier molecular flexibility index (Phi) is 3.79. The van der Waals surface area contributed by atoms with E-state index in [9.17, 15) is 0 Å². The van der Waals surface area contributed by atoms with Gasteiger partial charge in [0, 0.05) is 44.3 Å². The van der Waals surface area contributed by atoms with Crippen molar-refractivity contribution >= 4 is 5.82 Å². The van der Waals surface area contributed by atoms with Crippen molar-refractivity contribution in [1.82, 2.24) is 14.9 Å². The minimum Gasteiger partial charge on any atom is -0.370 e. The number of aromatic nitrogens is 2. The van der Waals surface area contributed by atoms with E-state index in [2.05, 4.69) is 38.5 Å². The molecule has 3 rings (SSSR count). The third kappa shape index (κ3) is 3.15. The minimum absolute atomic E-state index is 0.671. The number of anilines is 1. The summed E-state index contributed by atoms with van der Waals surface area (Å²) in [6.07, 6.45) is 5.16. The first kappa shape index (κ1) is 12.2. The van der Waals surface area contributed by atoms with Gasteiger partial charge in [-0.05, 0) is 36.6 Å². The van der Waals surface area contributed by atoms with Gasteiger partial charge in [-0.15, -0.1) is 0 Å². The fourth-order valence-electron chi connectivity index (χ4n) is 2.60. The maximum absolute atomic E-state index is 4.28. The lowest BCUT2D eigenvalue weighted by Gasteiger charge is -2.16. The van der Waals surface area contributed by atoms with E-state index in [-0.39, 0.29) is 0 Å². The van der Waals surface area contributed by atoms with Crippen LogP contribution in [-0.2, 0) is 13.1 Å². The van der Waals surface area contributed by atoms with Gasteiger partial charge in [0.1, 0.15) is 5.82 Å². The van der Waals surface area contributed by atoms with Crippen molar-refractivity contribution in [3.05, 3.63) is 48.4 Å². The standard InChI is InChI=1S/C15H20N4/c1-2-7-17-15(5-1)18-8-6-13-10-16-11-14-4-3-9-19(14)12-13/h1-5,7,9,13,16H,6,8,10-12H2,(H,17,18). The van der Waals surface area contributed by atoms with Gasteiger partial charge in [-0.3, -0.25) is 0 Å². The molecule has 0 saturated heterocycles. The van der Waals surface area contributed by atoms with E-state index in [1.807, 2.05) is 24.4 Å². The van der Waals surface area contributed by atoms with Crippen molar-refractivity contribution < 1.29 is 0 Å². The predicted molar refractivity (Wildman–Crippen MR) is 77.0 cm³/mol. The van der Waals surface area contributed by atoms with E-state index >= 15 is 0 Å². The molecule has 0 spiro atoms. The van der Waals surface area contributed by atoms with Gasteiger partial charge in [-0.25, -0.2) is 4.98 Å². The Labute approximate surface area is 113 Å². The molecule has 2 aromatic heterocycles. The summed E-state index contributed by atoms with van der Waals surface area (Å²) in [6.45, 7) is 4.15. The molecular formula is C15H20N4. The first-order valence-electron chi connectivity index (χ1n) is 6.91. The highest BCUT2D eigenvalue weighted by Crippen LogP contribution is 2.14. The van der Waals surface area contributed by atoms with Crippen LogP contribution >= 0.6 is 0 Å². The molecule has 0 radical (unpaired) electrons. The molecular weight excluding hydrogens is 236 g/mol. The normalized spacial score (nSPS) is 18.6. The predicted octanol–water partition coefficient (Wildman–Crippen LogP) is 2.10. The molecule has 1 aliphatic rings. The molecule has 2 N–H and O–H groups in total. The first-order chi connectivity index (χ1) is 9.42. The molecule has 2 aromatic rings. The highest BCUT2D eigenvalue weighted by molar-refractivity contribution is 5.32. The van der Waals surface area contributed by atoms with Gasteiger partial charge in [0.2, 0.25) is 0 Å². The SMILES string of the molecule is c1ccc(NCCC2CNCc3cccn3C2)nc1. The number of fused-ring (bicyclic) bond motifs is 1. The Balaban J connectivity index is 1.51. The van der Waals surface area contributed by atoms with Crippen molar-refractivity contribution in [3.8, 4) is 0 Å². The summed E-state index contributed by atoms with van der Waals surface area (Å²) in [6, 6.07) is 10.3. The summed E-state index contributed by atoms with van der Waals surface area (Å²) in [5.74, 6) is 1.63.